The Hall–Kier alpha value is -3.26. The molecular weight excluding hydrogens is 945 g/mol. The molecule has 0 aromatic heterocycles. The monoisotopic (exact) mass is 1060 g/mol. The van der Waals surface area contributed by atoms with E-state index in [9.17, 15) is 54.3 Å². The zero-order valence-electron chi connectivity index (χ0n) is 48.6. The maximum absolute atomic E-state index is 13.3. The highest BCUT2D eigenvalue weighted by molar-refractivity contribution is 5.93. The molecule has 0 spiro atoms. The maximum atomic E-state index is 13.3. The van der Waals surface area contributed by atoms with E-state index in [1.807, 2.05) is 41.5 Å². The van der Waals surface area contributed by atoms with Gasteiger partial charge in [0.05, 0.1) is 38.6 Å². The lowest BCUT2D eigenvalue weighted by molar-refractivity contribution is -0.211. The minimum atomic E-state index is -2.93. The highest BCUT2D eigenvalue weighted by atomic mass is 16.6. The number of hydrogen-bond donors (Lipinski definition) is 5. The first kappa shape index (κ1) is 72.8. The first-order chi connectivity index (χ1) is 35.3. The summed E-state index contributed by atoms with van der Waals surface area (Å²) in [5, 5.41) is 54.8. The van der Waals surface area contributed by atoms with Crippen LogP contribution in [0.5, 0.6) is 0 Å². The largest absolute Gasteiger partial charge is 0.481 e. The van der Waals surface area contributed by atoms with Crippen molar-refractivity contribution < 1.29 is 68.5 Å². The quantitative estimate of drug-likeness (QED) is 0.0217. The predicted octanol–water partition coefficient (Wildman–Crippen LogP) is 14.6. The smallest absolute Gasteiger partial charge is 0.339 e. The van der Waals surface area contributed by atoms with E-state index in [0.717, 1.165) is 128 Å². The van der Waals surface area contributed by atoms with Crippen molar-refractivity contribution in [2.45, 2.75) is 298 Å². The van der Waals surface area contributed by atoms with Gasteiger partial charge in [0.25, 0.3) is 0 Å². The topological polar surface area (TPSA) is 231 Å². The Bertz CT molecular complexity index is 1420. The van der Waals surface area contributed by atoms with Crippen LogP contribution in [0.15, 0.2) is 0 Å². The summed E-state index contributed by atoms with van der Waals surface area (Å²) in [5.41, 5.74) is -7.31. The number of rotatable bonds is 49. The molecule has 0 aliphatic heterocycles. The number of ether oxygens (including phenoxy) is 3. The number of hydrogen-bond acceptors (Lipinski definition) is 11. The van der Waals surface area contributed by atoms with E-state index in [1.54, 1.807) is 0 Å². The molecule has 74 heavy (non-hydrogen) atoms. The molecule has 0 radical (unpaired) electrons. The van der Waals surface area contributed by atoms with Crippen molar-refractivity contribution in [2.24, 2.45) is 29.1 Å². The van der Waals surface area contributed by atoms with E-state index in [1.165, 1.54) is 32.1 Å². The van der Waals surface area contributed by atoms with Gasteiger partial charge in [0.1, 0.15) is 5.41 Å². The fourth-order valence-corrected chi connectivity index (χ4v) is 10.2. The van der Waals surface area contributed by atoms with Gasteiger partial charge < -0.3 is 39.7 Å². The highest BCUT2D eigenvalue weighted by Gasteiger charge is 2.67. The summed E-state index contributed by atoms with van der Waals surface area (Å²) < 4.78 is 15.8. The van der Waals surface area contributed by atoms with E-state index < -0.39 is 71.2 Å². The van der Waals surface area contributed by atoms with Crippen LogP contribution < -0.4 is 0 Å². The van der Waals surface area contributed by atoms with Gasteiger partial charge in [-0.1, -0.05) is 236 Å². The van der Waals surface area contributed by atoms with Crippen LogP contribution >= 0.6 is 0 Å². The molecule has 0 aliphatic carbocycles. The zero-order chi connectivity index (χ0) is 56.3. The van der Waals surface area contributed by atoms with Gasteiger partial charge in [-0.25, -0.2) is 9.59 Å². The highest BCUT2D eigenvalue weighted by Crippen LogP contribution is 2.51. The second kappa shape index (κ2) is 44.8. The Morgan fingerprint density at radius 3 is 1.04 bits per heavy atom. The molecule has 436 valence electrons. The molecule has 0 aliphatic rings. The Kier molecular flexibility index (Phi) is 44.1. The molecule has 5 unspecified atom stereocenters. The normalized spacial score (nSPS) is 14.8. The Balaban J connectivity index is 0. The van der Waals surface area contributed by atoms with Crippen LogP contribution in [0.25, 0.3) is 0 Å². The summed E-state index contributed by atoms with van der Waals surface area (Å²) in [6.45, 7) is 19.0. The number of aliphatic hydroxyl groups is 2. The second-order valence-electron chi connectivity index (χ2n) is 21.5. The van der Waals surface area contributed by atoms with Gasteiger partial charge >= 0.3 is 35.8 Å². The number of aliphatic carboxylic acids is 3. The molecule has 5 atom stereocenters. The molecule has 0 rings (SSSR count). The first-order valence-corrected chi connectivity index (χ1v) is 30.0. The van der Waals surface area contributed by atoms with E-state index in [2.05, 4.69) is 20.8 Å². The Morgan fingerprint density at radius 2 is 0.730 bits per heavy atom. The summed E-state index contributed by atoms with van der Waals surface area (Å²) >= 11 is 0. The minimum Gasteiger partial charge on any atom is -0.481 e. The van der Waals surface area contributed by atoms with Crippen molar-refractivity contribution in [1.82, 2.24) is 0 Å². The van der Waals surface area contributed by atoms with Crippen molar-refractivity contribution in [3.8, 4) is 0 Å². The lowest BCUT2D eigenvalue weighted by Crippen LogP contribution is -2.65. The lowest BCUT2D eigenvalue weighted by atomic mass is 9.56. The van der Waals surface area contributed by atoms with Crippen LogP contribution in [-0.4, -0.2) is 92.4 Å². The Morgan fingerprint density at radius 1 is 0.405 bits per heavy atom. The van der Waals surface area contributed by atoms with Crippen molar-refractivity contribution in [2.75, 3.05) is 19.8 Å². The van der Waals surface area contributed by atoms with E-state index in [4.69, 9.17) is 14.2 Å². The number of carboxylic acids is 3. The van der Waals surface area contributed by atoms with Crippen LogP contribution in [0, 0.1) is 29.1 Å². The molecule has 14 heteroatoms. The summed E-state index contributed by atoms with van der Waals surface area (Å²) in [7, 11) is 0. The molecular formula is C60H112O14. The van der Waals surface area contributed by atoms with Crippen LogP contribution in [0.2, 0.25) is 0 Å². The average Bonchev–Trinajstić information content (AvgIpc) is 3.37. The van der Waals surface area contributed by atoms with Gasteiger partial charge in [-0.3, -0.25) is 19.2 Å². The van der Waals surface area contributed by atoms with Gasteiger partial charge in [-0.05, 0) is 56.3 Å². The van der Waals surface area contributed by atoms with Crippen molar-refractivity contribution in [3.05, 3.63) is 0 Å². The minimum absolute atomic E-state index is 0.0419. The molecule has 0 saturated heterocycles. The van der Waals surface area contributed by atoms with E-state index in [-0.39, 0.29) is 56.8 Å². The summed E-state index contributed by atoms with van der Waals surface area (Å²) in [4.78, 5) is 76.5. The third-order valence-corrected chi connectivity index (χ3v) is 15.2. The molecule has 14 nitrogen and oxygen atoms in total. The third kappa shape index (κ3) is 29.9. The molecule has 0 amide bonds. The maximum Gasteiger partial charge on any atom is 0.339 e. The van der Waals surface area contributed by atoms with Crippen molar-refractivity contribution in [3.63, 3.8) is 0 Å². The summed E-state index contributed by atoms with van der Waals surface area (Å²) in [5.74, 6) is -9.02. The zero-order valence-corrected chi connectivity index (χ0v) is 48.6. The fraction of sp³-hybridized carbons (Fsp3) is 0.900. The molecule has 0 aromatic carbocycles. The first-order valence-electron chi connectivity index (χ1n) is 30.0. The van der Waals surface area contributed by atoms with Gasteiger partial charge in [0, 0.05) is 0 Å². The molecule has 5 N–H and O–H groups in total. The van der Waals surface area contributed by atoms with Gasteiger partial charge in [0.2, 0.25) is 0 Å². The Labute approximate surface area is 450 Å². The molecule has 0 heterocycles. The number of carbonyl (C=O) groups excluding carboxylic acids is 3. The van der Waals surface area contributed by atoms with Crippen LogP contribution in [0.1, 0.15) is 287 Å². The summed E-state index contributed by atoms with van der Waals surface area (Å²) in [6.07, 6.45) is 26.8. The van der Waals surface area contributed by atoms with Crippen LogP contribution in [0.4, 0.5) is 0 Å². The number of esters is 3. The lowest BCUT2D eigenvalue weighted by Gasteiger charge is -2.48. The van der Waals surface area contributed by atoms with E-state index in [0.29, 0.717) is 32.1 Å². The standard InChI is InChI=1S/2C30H56O7/c1-7-13-16-22(10-4)19-25(26(31)32)30(37,28(35)36)29(27(33)34,20-23(11-5)17-14-8-2)21-24(12-6)18-15-9-3;1-4-7-10-13-16-19-22-35-27(31)25-30(34,29(33)37-24-21-18-15-12-9-6-3)26-28(32)36-23-20-17-14-11-8-5-2/h22-25,37H,7-21H2,1-6H3,(H,31,32)(H,33,34)(H,35,36);34H,4-26H2,1-3H3. The van der Waals surface area contributed by atoms with Crippen molar-refractivity contribution in [1.29, 1.82) is 0 Å². The van der Waals surface area contributed by atoms with Gasteiger partial charge in [-0.15, -0.1) is 0 Å². The van der Waals surface area contributed by atoms with Crippen LogP contribution in [-0.2, 0) is 43.0 Å². The number of carbonyl (C=O) groups is 6. The van der Waals surface area contributed by atoms with Crippen molar-refractivity contribution >= 4 is 35.8 Å². The fourth-order valence-electron chi connectivity index (χ4n) is 10.2. The predicted molar refractivity (Wildman–Crippen MR) is 295 cm³/mol. The second-order valence-corrected chi connectivity index (χ2v) is 21.5. The van der Waals surface area contributed by atoms with Gasteiger partial charge in [-0.2, -0.15) is 0 Å². The van der Waals surface area contributed by atoms with Gasteiger partial charge in [0.15, 0.2) is 11.2 Å². The molecule has 0 fully saturated rings. The van der Waals surface area contributed by atoms with E-state index >= 15 is 0 Å². The number of unbranched alkanes of at least 4 members (excludes halogenated alkanes) is 18. The molecule has 0 saturated carbocycles. The molecule has 0 bridgehead atoms. The van der Waals surface area contributed by atoms with Crippen LogP contribution in [0.3, 0.4) is 0 Å². The summed E-state index contributed by atoms with van der Waals surface area (Å²) in [6, 6.07) is 0. The average molecular weight is 1060 g/mol. The molecule has 0 aromatic rings. The third-order valence-electron chi connectivity index (χ3n) is 15.2. The SMILES string of the molecule is CCCCC(CC)CC(C(=O)O)C(O)(C(=O)O)C(CC(CC)CCCC)(CC(CC)CCCC)C(=O)O.CCCCCCCCOC(=O)CC(O)(CC(=O)OCCCCCCCC)C(=O)OCCCCCCCC. The number of carboxylic acid groups (broad SMARTS) is 3.